The van der Waals surface area contributed by atoms with E-state index in [-0.39, 0.29) is 11.7 Å². The number of aliphatic carboxylic acids is 1. The summed E-state index contributed by atoms with van der Waals surface area (Å²) < 4.78 is 13.2. The number of carbonyl (C=O) groups is 1. The number of halogens is 1. The van der Waals surface area contributed by atoms with Crippen LogP contribution in [0, 0.1) is 5.82 Å². The summed E-state index contributed by atoms with van der Waals surface area (Å²) >= 11 is 0. The van der Waals surface area contributed by atoms with Crippen LogP contribution in [0.4, 0.5) is 4.39 Å². The molecule has 1 fully saturated rings. The molecule has 0 bridgehead atoms. The molecule has 2 atom stereocenters. The van der Waals surface area contributed by atoms with Crippen molar-refractivity contribution in [2.45, 2.75) is 38.1 Å². The minimum atomic E-state index is -0.748. The number of hydrogen-bond acceptors (Lipinski definition) is 2. The van der Waals surface area contributed by atoms with Crippen LogP contribution in [-0.2, 0) is 4.79 Å². The highest BCUT2D eigenvalue weighted by Crippen LogP contribution is 2.29. The smallest absolute Gasteiger partial charge is 0.320 e. The SMILES string of the molecule is CCCC(C(=O)O)N1CCC(c2cccc(F)c2)C1. The monoisotopic (exact) mass is 265 g/mol. The standard InChI is InChI=1S/C15H20FNO2/c1-2-4-14(15(18)19)17-8-7-12(10-17)11-5-3-6-13(16)9-11/h3,5-6,9,12,14H,2,4,7-8,10H2,1H3,(H,18,19). The molecule has 1 aromatic carbocycles. The average molecular weight is 265 g/mol. The Morgan fingerprint density at radius 1 is 1.58 bits per heavy atom. The molecule has 0 radical (unpaired) electrons. The number of carboxylic acid groups (broad SMARTS) is 1. The van der Waals surface area contributed by atoms with E-state index in [1.807, 2.05) is 17.9 Å². The van der Waals surface area contributed by atoms with Crippen LogP contribution in [0.15, 0.2) is 24.3 Å². The fraction of sp³-hybridized carbons (Fsp3) is 0.533. The van der Waals surface area contributed by atoms with Gasteiger partial charge in [-0.25, -0.2) is 4.39 Å². The van der Waals surface area contributed by atoms with Crippen LogP contribution in [0.25, 0.3) is 0 Å². The average Bonchev–Trinajstić information content (AvgIpc) is 2.84. The van der Waals surface area contributed by atoms with Gasteiger partial charge in [0.25, 0.3) is 0 Å². The number of hydrogen-bond donors (Lipinski definition) is 1. The molecule has 19 heavy (non-hydrogen) atoms. The zero-order chi connectivity index (χ0) is 13.8. The summed E-state index contributed by atoms with van der Waals surface area (Å²) in [4.78, 5) is 13.3. The Morgan fingerprint density at radius 3 is 3.00 bits per heavy atom. The summed E-state index contributed by atoms with van der Waals surface area (Å²) in [6.45, 7) is 3.48. The molecule has 1 N–H and O–H groups in total. The van der Waals surface area contributed by atoms with Gasteiger partial charge in [0.05, 0.1) is 0 Å². The Morgan fingerprint density at radius 2 is 2.37 bits per heavy atom. The van der Waals surface area contributed by atoms with E-state index in [9.17, 15) is 14.3 Å². The molecule has 4 heteroatoms. The fourth-order valence-electron chi connectivity index (χ4n) is 2.84. The maximum Gasteiger partial charge on any atom is 0.320 e. The number of rotatable bonds is 5. The number of benzene rings is 1. The summed E-state index contributed by atoms with van der Waals surface area (Å²) in [5, 5.41) is 9.26. The number of likely N-dealkylation sites (tertiary alicyclic amines) is 1. The molecule has 1 aliphatic heterocycles. The molecule has 0 saturated carbocycles. The van der Waals surface area contributed by atoms with Crippen LogP contribution in [0.2, 0.25) is 0 Å². The van der Waals surface area contributed by atoms with Gasteiger partial charge < -0.3 is 5.11 Å². The Bertz CT molecular complexity index is 450. The van der Waals surface area contributed by atoms with Crippen LogP contribution in [0.1, 0.15) is 37.7 Å². The Balaban J connectivity index is 2.04. The molecule has 0 aromatic heterocycles. The van der Waals surface area contributed by atoms with Gasteiger partial charge in [0.2, 0.25) is 0 Å². The number of nitrogens with zero attached hydrogens (tertiary/aromatic N) is 1. The van der Waals surface area contributed by atoms with E-state index in [4.69, 9.17) is 0 Å². The summed E-state index contributed by atoms with van der Waals surface area (Å²) in [7, 11) is 0. The van der Waals surface area contributed by atoms with Crippen LogP contribution in [0.3, 0.4) is 0 Å². The van der Waals surface area contributed by atoms with E-state index in [1.165, 1.54) is 6.07 Å². The van der Waals surface area contributed by atoms with Gasteiger partial charge in [-0.15, -0.1) is 0 Å². The van der Waals surface area contributed by atoms with Crippen molar-refractivity contribution in [2.75, 3.05) is 13.1 Å². The molecule has 1 saturated heterocycles. The van der Waals surface area contributed by atoms with E-state index in [2.05, 4.69) is 0 Å². The second-order valence-corrected chi connectivity index (χ2v) is 5.18. The minimum absolute atomic E-state index is 0.223. The minimum Gasteiger partial charge on any atom is -0.480 e. The van der Waals surface area contributed by atoms with Crippen molar-refractivity contribution in [2.24, 2.45) is 0 Å². The largest absolute Gasteiger partial charge is 0.480 e. The van der Waals surface area contributed by atoms with E-state index in [0.29, 0.717) is 13.0 Å². The molecule has 1 aromatic rings. The molecule has 0 spiro atoms. The van der Waals surface area contributed by atoms with Crippen LogP contribution in [-0.4, -0.2) is 35.1 Å². The lowest BCUT2D eigenvalue weighted by atomic mass is 9.98. The third-order valence-electron chi connectivity index (χ3n) is 3.83. The van der Waals surface area contributed by atoms with Crippen molar-refractivity contribution in [3.05, 3.63) is 35.6 Å². The lowest BCUT2D eigenvalue weighted by molar-refractivity contribution is -0.143. The molecular formula is C15H20FNO2. The number of carboxylic acids is 1. The lowest BCUT2D eigenvalue weighted by Gasteiger charge is -2.23. The normalized spacial score (nSPS) is 21.5. The van der Waals surface area contributed by atoms with Gasteiger partial charge in [-0.05, 0) is 43.0 Å². The van der Waals surface area contributed by atoms with Crippen LogP contribution < -0.4 is 0 Å². The van der Waals surface area contributed by atoms with E-state index >= 15 is 0 Å². The summed E-state index contributed by atoms with van der Waals surface area (Å²) in [6.07, 6.45) is 2.43. The summed E-state index contributed by atoms with van der Waals surface area (Å²) in [5.74, 6) is -0.726. The quantitative estimate of drug-likeness (QED) is 0.890. The maximum atomic E-state index is 13.2. The summed E-state index contributed by atoms with van der Waals surface area (Å²) in [6, 6.07) is 6.24. The molecule has 0 amide bonds. The molecule has 3 nitrogen and oxygen atoms in total. The second kappa shape index (κ2) is 6.15. The highest BCUT2D eigenvalue weighted by molar-refractivity contribution is 5.73. The lowest BCUT2D eigenvalue weighted by Crippen LogP contribution is -2.39. The van der Waals surface area contributed by atoms with Crippen molar-refractivity contribution in [3.8, 4) is 0 Å². The first-order chi connectivity index (χ1) is 9.11. The third kappa shape index (κ3) is 3.32. The van der Waals surface area contributed by atoms with Crippen molar-refractivity contribution in [1.29, 1.82) is 0 Å². The highest BCUT2D eigenvalue weighted by atomic mass is 19.1. The molecule has 0 aliphatic carbocycles. The zero-order valence-corrected chi connectivity index (χ0v) is 11.2. The van der Waals surface area contributed by atoms with Gasteiger partial charge >= 0.3 is 5.97 Å². The third-order valence-corrected chi connectivity index (χ3v) is 3.83. The van der Waals surface area contributed by atoms with Crippen molar-refractivity contribution in [3.63, 3.8) is 0 Å². The van der Waals surface area contributed by atoms with Gasteiger partial charge in [0.15, 0.2) is 0 Å². The zero-order valence-electron chi connectivity index (χ0n) is 11.2. The van der Waals surface area contributed by atoms with Crippen LogP contribution in [0.5, 0.6) is 0 Å². The van der Waals surface area contributed by atoms with Crippen molar-refractivity contribution in [1.82, 2.24) is 4.90 Å². The topological polar surface area (TPSA) is 40.5 Å². The molecule has 104 valence electrons. The fourth-order valence-corrected chi connectivity index (χ4v) is 2.84. The Labute approximate surface area is 113 Å². The van der Waals surface area contributed by atoms with Gasteiger partial charge in [-0.3, -0.25) is 9.69 Å². The maximum absolute atomic E-state index is 13.2. The first-order valence-electron chi connectivity index (χ1n) is 6.84. The molecular weight excluding hydrogens is 245 g/mol. The van der Waals surface area contributed by atoms with Gasteiger partial charge in [-0.2, -0.15) is 0 Å². The van der Waals surface area contributed by atoms with Gasteiger partial charge in [-0.1, -0.05) is 25.5 Å². The predicted molar refractivity (Wildman–Crippen MR) is 71.7 cm³/mol. The molecule has 1 aliphatic rings. The predicted octanol–water partition coefficient (Wildman–Crippen LogP) is 2.87. The first kappa shape index (κ1) is 14.0. The van der Waals surface area contributed by atoms with Crippen molar-refractivity contribution < 1.29 is 14.3 Å². The second-order valence-electron chi connectivity index (χ2n) is 5.18. The van der Waals surface area contributed by atoms with Gasteiger partial charge in [0.1, 0.15) is 11.9 Å². The Kier molecular flexibility index (Phi) is 4.53. The Hall–Kier alpha value is -1.42. The van der Waals surface area contributed by atoms with Gasteiger partial charge in [0, 0.05) is 6.54 Å². The molecule has 2 unspecified atom stereocenters. The van der Waals surface area contributed by atoms with Crippen LogP contribution >= 0.6 is 0 Å². The van der Waals surface area contributed by atoms with E-state index in [1.54, 1.807) is 12.1 Å². The van der Waals surface area contributed by atoms with Crippen molar-refractivity contribution >= 4 is 5.97 Å². The van der Waals surface area contributed by atoms with E-state index in [0.717, 1.165) is 24.9 Å². The molecule has 2 rings (SSSR count). The first-order valence-corrected chi connectivity index (χ1v) is 6.84. The highest BCUT2D eigenvalue weighted by Gasteiger charge is 2.32. The van der Waals surface area contributed by atoms with E-state index < -0.39 is 12.0 Å². The summed E-state index contributed by atoms with van der Waals surface area (Å²) in [5.41, 5.74) is 0.975. The molecule has 1 heterocycles.